The Kier molecular flexibility index (Phi) is 5.56. The molecule has 0 aliphatic heterocycles. The molecule has 22 heavy (non-hydrogen) atoms. The van der Waals surface area contributed by atoms with Crippen LogP contribution in [0.1, 0.15) is 68.9 Å². The van der Waals surface area contributed by atoms with Crippen molar-refractivity contribution in [1.29, 1.82) is 0 Å². The molecule has 1 aliphatic rings. The second kappa shape index (κ2) is 7.63. The summed E-state index contributed by atoms with van der Waals surface area (Å²) in [4.78, 5) is 0. The Morgan fingerprint density at radius 1 is 0.773 bits per heavy atom. The zero-order valence-electron chi connectivity index (χ0n) is 13.7. The molecule has 2 aromatic carbocycles. The molecule has 0 atom stereocenters. The van der Waals surface area contributed by atoms with Crippen LogP contribution in [0.2, 0.25) is 0 Å². The number of hydrogen-bond donors (Lipinski definition) is 0. The molecule has 1 heteroatoms. The van der Waals surface area contributed by atoms with Crippen LogP contribution in [0.4, 0.5) is 0 Å². The van der Waals surface area contributed by atoms with Crippen molar-refractivity contribution in [2.75, 3.05) is 0 Å². The quantitative estimate of drug-likeness (QED) is 0.687. The third kappa shape index (κ3) is 4.13. The summed E-state index contributed by atoms with van der Waals surface area (Å²) in [6.45, 7) is 4.52. The van der Waals surface area contributed by atoms with E-state index in [9.17, 15) is 0 Å². The van der Waals surface area contributed by atoms with Crippen LogP contribution >= 0.6 is 0 Å². The summed E-state index contributed by atoms with van der Waals surface area (Å²) in [7, 11) is 0. The standard InChI is InChI=1S/C21H26I/c1-16(2)17-8-12-20(13-9-17)22-21-14-10-19(11-15-21)18-6-4-3-5-7-18/h8-16,18H,3-7H2,1-2H3/q-1. The Morgan fingerprint density at radius 3 is 1.86 bits per heavy atom. The molecule has 0 saturated heterocycles. The molecule has 0 amide bonds. The van der Waals surface area contributed by atoms with E-state index >= 15 is 0 Å². The Balaban J connectivity index is 1.65. The monoisotopic (exact) mass is 405 g/mol. The van der Waals surface area contributed by atoms with Gasteiger partial charge in [-0.15, -0.1) is 0 Å². The van der Waals surface area contributed by atoms with E-state index in [0.717, 1.165) is 5.92 Å². The molecule has 3 rings (SSSR count). The third-order valence-corrected chi connectivity index (χ3v) is 7.39. The average molecular weight is 405 g/mol. The van der Waals surface area contributed by atoms with Crippen LogP contribution in [0.15, 0.2) is 48.5 Å². The van der Waals surface area contributed by atoms with Crippen LogP contribution in [0.25, 0.3) is 0 Å². The zero-order chi connectivity index (χ0) is 15.4. The molecule has 0 spiro atoms. The SMILES string of the molecule is CC(C)c1ccc([I-]c2ccc(C3CCCCC3)cc2)cc1. The summed E-state index contributed by atoms with van der Waals surface area (Å²) in [5, 5.41) is 0. The Hall–Kier alpha value is -0.830. The van der Waals surface area contributed by atoms with Crippen molar-refractivity contribution in [3.63, 3.8) is 0 Å². The van der Waals surface area contributed by atoms with Gasteiger partial charge in [0.1, 0.15) is 0 Å². The molecule has 0 unspecified atom stereocenters. The zero-order valence-corrected chi connectivity index (χ0v) is 15.8. The van der Waals surface area contributed by atoms with Crippen LogP contribution in [0.3, 0.4) is 0 Å². The molecule has 0 heterocycles. The predicted molar refractivity (Wildman–Crippen MR) is 90.2 cm³/mol. The fourth-order valence-corrected chi connectivity index (χ4v) is 5.43. The van der Waals surface area contributed by atoms with Gasteiger partial charge in [-0.25, -0.2) is 0 Å². The van der Waals surface area contributed by atoms with Gasteiger partial charge < -0.3 is 0 Å². The van der Waals surface area contributed by atoms with Gasteiger partial charge in [-0.3, -0.25) is 0 Å². The Morgan fingerprint density at radius 2 is 1.32 bits per heavy atom. The summed E-state index contributed by atoms with van der Waals surface area (Å²) in [5.41, 5.74) is 3.02. The molecule has 118 valence electrons. The van der Waals surface area contributed by atoms with E-state index in [0.29, 0.717) is 5.92 Å². The second-order valence-electron chi connectivity index (χ2n) is 6.69. The van der Waals surface area contributed by atoms with Crippen molar-refractivity contribution in [2.24, 2.45) is 0 Å². The first-order valence-electron chi connectivity index (χ1n) is 8.57. The molecular formula is C21H26I-. The average Bonchev–Trinajstić information content (AvgIpc) is 2.57. The van der Waals surface area contributed by atoms with Crippen LogP contribution < -0.4 is 21.2 Å². The number of hydrogen-bond acceptors (Lipinski definition) is 0. The summed E-state index contributed by atoms with van der Waals surface area (Å²) in [5.74, 6) is 1.45. The molecule has 0 aromatic heterocycles. The van der Waals surface area contributed by atoms with Crippen molar-refractivity contribution in [2.45, 2.75) is 57.8 Å². The maximum absolute atomic E-state index is 2.40. The van der Waals surface area contributed by atoms with Gasteiger partial charge in [-0.05, 0) is 0 Å². The fraction of sp³-hybridized carbons (Fsp3) is 0.429. The van der Waals surface area contributed by atoms with E-state index in [1.807, 2.05) is 0 Å². The molecule has 2 aromatic rings. The van der Waals surface area contributed by atoms with Crippen LogP contribution in [-0.4, -0.2) is 0 Å². The third-order valence-electron chi connectivity index (χ3n) is 4.70. The summed E-state index contributed by atoms with van der Waals surface area (Å²) >= 11 is -0.0353. The van der Waals surface area contributed by atoms with Gasteiger partial charge in [0.2, 0.25) is 0 Å². The molecule has 1 aliphatic carbocycles. The van der Waals surface area contributed by atoms with Gasteiger partial charge >= 0.3 is 146 Å². The number of halogens is 1. The molecule has 1 fully saturated rings. The van der Waals surface area contributed by atoms with Crippen molar-refractivity contribution in [3.8, 4) is 0 Å². The molecule has 0 nitrogen and oxygen atoms in total. The Bertz CT molecular complexity index is 574. The van der Waals surface area contributed by atoms with Crippen molar-refractivity contribution < 1.29 is 21.2 Å². The maximum atomic E-state index is 2.40. The molecule has 0 radical (unpaired) electrons. The first-order chi connectivity index (χ1) is 10.7. The minimum atomic E-state index is -0.0353. The normalized spacial score (nSPS) is 16.3. The Labute approximate surface area is 145 Å². The van der Waals surface area contributed by atoms with E-state index in [-0.39, 0.29) is 21.2 Å². The molecule has 1 saturated carbocycles. The molecule has 0 bridgehead atoms. The van der Waals surface area contributed by atoms with E-state index in [1.54, 1.807) is 5.56 Å². The number of rotatable bonds is 4. The molecular weight excluding hydrogens is 379 g/mol. The summed E-state index contributed by atoms with van der Waals surface area (Å²) < 4.78 is 3.06. The van der Waals surface area contributed by atoms with Gasteiger partial charge in [-0.2, -0.15) is 0 Å². The van der Waals surface area contributed by atoms with Gasteiger partial charge in [0.15, 0.2) is 0 Å². The second-order valence-corrected chi connectivity index (χ2v) is 9.72. The topological polar surface area (TPSA) is 0 Å². The van der Waals surface area contributed by atoms with Gasteiger partial charge in [0.25, 0.3) is 0 Å². The van der Waals surface area contributed by atoms with Crippen molar-refractivity contribution >= 4 is 0 Å². The van der Waals surface area contributed by atoms with Crippen LogP contribution in [0, 0.1) is 7.14 Å². The summed E-state index contributed by atoms with van der Waals surface area (Å²) in [6, 6.07) is 18.8. The predicted octanol–water partition coefficient (Wildman–Crippen LogP) is 2.99. The van der Waals surface area contributed by atoms with Gasteiger partial charge in [0.05, 0.1) is 0 Å². The van der Waals surface area contributed by atoms with E-state index in [4.69, 9.17) is 0 Å². The van der Waals surface area contributed by atoms with Crippen LogP contribution in [-0.2, 0) is 0 Å². The van der Waals surface area contributed by atoms with E-state index < -0.39 is 0 Å². The molecule has 0 N–H and O–H groups in total. The van der Waals surface area contributed by atoms with Gasteiger partial charge in [-0.1, -0.05) is 0 Å². The van der Waals surface area contributed by atoms with E-state index in [1.165, 1.54) is 44.8 Å². The van der Waals surface area contributed by atoms with Crippen molar-refractivity contribution in [1.82, 2.24) is 0 Å². The van der Waals surface area contributed by atoms with Crippen LogP contribution in [0.5, 0.6) is 0 Å². The fourth-order valence-electron chi connectivity index (χ4n) is 3.27. The van der Waals surface area contributed by atoms with Crippen molar-refractivity contribution in [3.05, 3.63) is 66.8 Å². The number of benzene rings is 2. The minimum absolute atomic E-state index is 0.0353. The summed E-state index contributed by atoms with van der Waals surface area (Å²) in [6.07, 6.45) is 7.06. The first kappa shape index (κ1) is 16.0. The first-order valence-corrected chi connectivity index (χ1v) is 10.7. The van der Waals surface area contributed by atoms with E-state index in [2.05, 4.69) is 62.4 Å². The van der Waals surface area contributed by atoms with Gasteiger partial charge in [0, 0.05) is 0 Å².